The first-order chi connectivity index (χ1) is 15.8. The topological polar surface area (TPSA) is 50.1 Å². The number of hydrogen-bond donors (Lipinski definition) is 0. The predicted octanol–water partition coefficient (Wildman–Crippen LogP) is 7.10. The van der Waals surface area contributed by atoms with E-state index in [0.717, 1.165) is 28.2 Å². The third-order valence-electron chi connectivity index (χ3n) is 6.07. The smallest absolute Gasteiger partial charge is 0.193 e. The Hall–Kier alpha value is -1.33. The van der Waals surface area contributed by atoms with Gasteiger partial charge in [0, 0.05) is 13.0 Å². The van der Waals surface area contributed by atoms with Gasteiger partial charge in [-0.2, -0.15) is 0 Å². The Bertz CT molecular complexity index is 857. The second-order valence-corrected chi connectivity index (χ2v) is 15.3. The number of terminal acetylenes is 1. The fourth-order valence-corrected chi connectivity index (χ4v) is 4.47. The van der Waals surface area contributed by atoms with E-state index < -0.39 is 14.4 Å². The lowest BCUT2D eigenvalue weighted by atomic mass is 10.0. The summed E-state index contributed by atoms with van der Waals surface area (Å²) in [5.74, 6) is 4.89. The van der Waals surface area contributed by atoms with Gasteiger partial charge in [0.25, 0.3) is 0 Å². The number of allylic oxidation sites excluding steroid dienone is 1. The van der Waals surface area contributed by atoms with E-state index in [1.807, 2.05) is 39.0 Å². The monoisotopic (exact) mass is 510 g/mol. The number of methoxy groups -OCH3 is 1. The van der Waals surface area contributed by atoms with E-state index >= 15 is 0 Å². The fourth-order valence-electron chi connectivity index (χ4n) is 3.00. The van der Waals surface area contributed by atoms with Crippen molar-refractivity contribution in [3.8, 4) is 12.3 Å². The number of ether oxygens (including phenoxy) is 3. The highest BCUT2D eigenvalue weighted by atomic mass is 35.5. The second kappa shape index (κ2) is 14.3. The molecule has 192 valence electrons. The van der Waals surface area contributed by atoms with Crippen LogP contribution >= 0.6 is 11.6 Å². The third kappa shape index (κ3) is 10.1. The summed E-state index contributed by atoms with van der Waals surface area (Å²) >= 11 is 5.72. The second-order valence-electron chi connectivity index (χ2n) is 10.2. The Morgan fingerprint density at radius 2 is 1.94 bits per heavy atom. The normalized spacial score (nSPS) is 15.3. The fraction of sp³-hybridized carbons (Fsp3) is 0.630. The zero-order valence-corrected chi connectivity index (χ0v) is 24.2. The van der Waals surface area contributed by atoms with Crippen molar-refractivity contribution in [3.05, 3.63) is 40.4 Å². The van der Waals surface area contributed by atoms with E-state index in [1.165, 1.54) is 0 Å². The lowest BCUT2D eigenvalue weighted by Crippen LogP contribution is -2.47. The maximum atomic E-state index is 6.51. The molecular formula is C27H43ClO5Si. The van der Waals surface area contributed by atoms with Crippen LogP contribution in [0.25, 0.3) is 6.08 Å². The van der Waals surface area contributed by atoms with E-state index in [0.29, 0.717) is 25.5 Å². The van der Waals surface area contributed by atoms with E-state index in [9.17, 15) is 0 Å². The van der Waals surface area contributed by atoms with Gasteiger partial charge >= 0.3 is 0 Å². The molecule has 0 fully saturated rings. The number of halogens is 1. The summed E-state index contributed by atoms with van der Waals surface area (Å²) in [6, 6.07) is 2.01. The Kier molecular flexibility index (Phi) is 12.9. The average molecular weight is 511 g/mol. The van der Waals surface area contributed by atoms with Gasteiger partial charge in [0.2, 0.25) is 0 Å². The molecule has 2 atom stereocenters. The molecule has 0 aliphatic carbocycles. The zero-order chi connectivity index (χ0) is 25.9. The molecule has 5 nitrogen and oxygen atoms in total. The number of rotatable bonds is 14. The molecule has 0 spiro atoms. The van der Waals surface area contributed by atoms with Crippen LogP contribution in [0.2, 0.25) is 18.1 Å². The molecule has 1 unspecified atom stereocenters. The van der Waals surface area contributed by atoms with Crippen molar-refractivity contribution in [1.29, 1.82) is 0 Å². The molecule has 1 aromatic rings. The van der Waals surface area contributed by atoms with E-state index in [4.69, 9.17) is 41.1 Å². The third-order valence-corrected chi connectivity index (χ3v) is 10.7. The summed E-state index contributed by atoms with van der Waals surface area (Å²) in [5, 5.41) is 0.0429. The van der Waals surface area contributed by atoms with Crippen molar-refractivity contribution < 1.29 is 23.1 Å². The van der Waals surface area contributed by atoms with Gasteiger partial charge in [-0.25, -0.2) is 0 Å². The molecule has 0 radical (unpaired) electrons. The Morgan fingerprint density at radius 1 is 1.26 bits per heavy atom. The van der Waals surface area contributed by atoms with Crippen molar-refractivity contribution in [2.75, 3.05) is 26.4 Å². The van der Waals surface area contributed by atoms with E-state index in [-0.39, 0.29) is 17.9 Å². The van der Waals surface area contributed by atoms with Crippen LogP contribution in [0.1, 0.15) is 58.1 Å². The summed E-state index contributed by atoms with van der Waals surface area (Å²) in [5.41, 5.74) is 3.22. The van der Waals surface area contributed by atoms with E-state index in [2.05, 4.69) is 39.8 Å². The maximum Gasteiger partial charge on any atom is 0.193 e. The van der Waals surface area contributed by atoms with Crippen LogP contribution in [0.3, 0.4) is 0 Å². The molecule has 34 heavy (non-hydrogen) atoms. The van der Waals surface area contributed by atoms with Gasteiger partial charge < -0.3 is 23.1 Å². The molecule has 0 saturated heterocycles. The molecule has 1 heterocycles. The van der Waals surface area contributed by atoms with Crippen molar-refractivity contribution in [1.82, 2.24) is 0 Å². The van der Waals surface area contributed by atoms with Crippen molar-refractivity contribution >= 4 is 26.0 Å². The van der Waals surface area contributed by atoms with Gasteiger partial charge in [-0.15, -0.1) is 18.0 Å². The van der Waals surface area contributed by atoms with Crippen LogP contribution in [0.5, 0.6) is 0 Å². The average Bonchev–Trinajstić information content (AvgIpc) is 3.07. The molecule has 0 N–H and O–H groups in total. The summed E-state index contributed by atoms with van der Waals surface area (Å²) in [6.45, 7) is 18.1. The minimum atomic E-state index is -2.07. The molecule has 1 rings (SSSR count). The molecule has 1 aromatic heterocycles. The molecule has 0 bridgehead atoms. The molecule has 0 aromatic carbocycles. The first kappa shape index (κ1) is 30.7. The Balaban J connectivity index is 2.94. The first-order valence-corrected chi connectivity index (χ1v) is 15.1. The van der Waals surface area contributed by atoms with Gasteiger partial charge in [0.05, 0.1) is 6.61 Å². The van der Waals surface area contributed by atoms with Crippen LogP contribution < -0.4 is 0 Å². The summed E-state index contributed by atoms with van der Waals surface area (Å²) < 4.78 is 29.4. The standard InChI is InChI=1S/C27H43ClO5Si/c1-11-24(33-34(9,10)27(5,6)7)25(31-19-29-8)15-21(3)14-23-16-22(4)26(32-23)18-30-17-20(2)12-13-28/h1,12,14,16,24-25H,13,15,17-19H2,2-10H3/b20-12+,21-14-/t24?,25-/m0/s1. The first-order valence-electron chi connectivity index (χ1n) is 11.6. The summed E-state index contributed by atoms with van der Waals surface area (Å²) in [6.07, 6.45) is 9.65. The SMILES string of the molecule is C#CC(O[Si](C)(C)C(C)(C)C)[C@H](C/C(C)=C\c1cc(C)c(COC/C(C)=C/CCl)o1)OCOC. The summed E-state index contributed by atoms with van der Waals surface area (Å²) in [7, 11) is -0.474. The van der Waals surface area contributed by atoms with Crippen LogP contribution in [-0.4, -0.2) is 46.9 Å². The number of aryl methyl sites for hydroxylation is 1. The van der Waals surface area contributed by atoms with Crippen LogP contribution in [0, 0.1) is 19.3 Å². The highest BCUT2D eigenvalue weighted by Crippen LogP contribution is 2.38. The van der Waals surface area contributed by atoms with Gasteiger partial charge in [-0.1, -0.05) is 43.9 Å². The van der Waals surface area contributed by atoms with Crippen LogP contribution in [0.15, 0.2) is 27.7 Å². The van der Waals surface area contributed by atoms with Gasteiger partial charge in [0.15, 0.2) is 8.32 Å². The minimum Gasteiger partial charge on any atom is -0.459 e. The van der Waals surface area contributed by atoms with Gasteiger partial charge in [0.1, 0.15) is 37.1 Å². The van der Waals surface area contributed by atoms with Crippen molar-refractivity contribution in [3.63, 3.8) is 0 Å². The molecule has 0 aliphatic rings. The number of hydrogen-bond acceptors (Lipinski definition) is 5. The quantitative estimate of drug-likeness (QED) is 0.0878. The lowest BCUT2D eigenvalue weighted by molar-refractivity contribution is -0.0966. The van der Waals surface area contributed by atoms with Crippen LogP contribution in [0.4, 0.5) is 0 Å². The Morgan fingerprint density at radius 3 is 2.50 bits per heavy atom. The minimum absolute atomic E-state index is 0.0429. The van der Waals surface area contributed by atoms with Crippen molar-refractivity contribution in [2.24, 2.45) is 0 Å². The van der Waals surface area contributed by atoms with Crippen LogP contribution in [-0.2, 0) is 25.2 Å². The Labute approximate surface area is 213 Å². The molecular weight excluding hydrogens is 468 g/mol. The van der Waals surface area contributed by atoms with Gasteiger partial charge in [-0.05, 0) is 63.0 Å². The largest absolute Gasteiger partial charge is 0.459 e. The van der Waals surface area contributed by atoms with E-state index in [1.54, 1.807) is 7.11 Å². The molecule has 0 saturated carbocycles. The molecule has 0 amide bonds. The highest BCUT2D eigenvalue weighted by Gasteiger charge is 2.40. The zero-order valence-electron chi connectivity index (χ0n) is 22.4. The summed E-state index contributed by atoms with van der Waals surface area (Å²) in [4.78, 5) is 0. The number of furan rings is 1. The van der Waals surface area contributed by atoms with Crippen molar-refractivity contribution in [2.45, 2.75) is 84.9 Å². The predicted molar refractivity (Wildman–Crippen MR) is 143 cm³/mol. The number of alkyl halides is 1. The molecule has 0 aliphatic heterocycles. The van der Waals surface area contributed by atoms with Gasteiger partial charge in [-0.3, -0.25) is 0 Å². The maximum absolute atomic E-state index is 6.51. The highest BCUT2D eigenvalue weighted by molar-refractivity contribution is 6.74. The molecule has 7 heteroatoms. The lowest BCUT2D eigenvalue weighted by Gasteiger charge is -2.39.